The second kappa shape index (κ2) is 4.53. The van der Waals surface area contributed by atoms with Gasteiger partial charge in [-0.25, -0.2) is 0 Å². The largest absolute Gasteiger partial charge is 0.396 e. The minimum atomic E-state index is 0.0876. The maximum absolute atomic E-state index is 8.55. The Morgan fingerprint density at radius 1 is 1.56 bits per heavy atom. The Kier molecular flexibility index (Phi) is 4.36. The molecule has 0 amide bonds. The van der Waals surface area contributed by atoms with Gasteiger partial charge in [0.25, 0.3) is 0 Å². The minimum Gasteiger partial charge on any atom is -0.396 e. The Morgan fingerprint density at radius 3 is 2.44 bits per heavy atom. The molecular weight excluding hydrogens is 116 g/mol. The van der Waals surface area contributed by atoms with Crippen molar-refractivity contribution in [2.45, 2.75) is 13.8 Å². The van der Waals surface area contributed by atoms with Gasteiger partial charge in [0.1, 0.15) is 0 Å². The Labute approximate surface area is 55.8 Å². The standard InChI is InChI=1S/C7H14O2/c1-6(4-8)3-7(2)5-9/h3,6,8-9H,4-5H2,1-2H3/b7-3+. The smallest absolute Gasteiger partial charge is 0.0639 e. The number of aliphatic hydroxyl groups excluding tert-OH is 2. The molecule has 2 N–H and O–H groups in total. The van der Waals surface area contributed by atoms with Gasteiger partial charge in [-0.05, 0) is 12.8 Å². The highest BCUT2D eigenvalue weighted by Gasteiger charge is 1.93. The maximum Gasteiger partial charge on any atom is 0.0639 e. The molecule has 9 heavy (non-hydrogen) atoms. The first-order valence-corrected chi connectivity index (χ1v) is 3.09. The average molecular weight is 130 g/mol. The third-order valence-corrected chi connectivity index (χ3v) is 1.11. The van der Waals surface area contributed by atoms with Crippen LogP contribution in [0.2, 0.25) is 0 Å². The van der Waals surface area contributed by atoms with Crippen molar-refractivity contribution in [1.29, 1.82) is 0 Å². The molecule has 0 fully saturated rings. The van der Waals surface area contributed by atoms with E-state index in [2.05, 4.69) is 0 Å². The lowest BCUT2D eigenvalue weighted by atomic mass is 10.1. The second-order valence-corrected chi connectivity index (χ2v) is 2.33. The molecule has 0 saturated carbocycles. The summed E-state index contributed by atoms with van der Waals surface area (Å²) in [5.74, 6) is 0.164. The molecule has 0 aliphatic carbocycles. The summed E-state index contributed by atoms with van der Waals surface area (Å²) < 4.78 is 0. The molecular formula is C7H14O2. The molecule has 0 spiro atoms. The lowest BCUT2D eigenvalue weighted by Crippen LogP contribution is -1.98. The van der Waals surface area contributed by atoms with Crippen molar-refractivity contribution in [2.24, 2.45) is 5.92 Å². The van der Waals surface area contributed by atoms with Crippen LogP contribution < -0.4 is 0 Å². The molecule has 54 valence electrons. The molecule has 1 atom stereocenters. The lowest BCUT2D eigenvalue weighted by Gasteiger charge is -2.00. The molecule has 0 saturated heterocycles. The van der Waals surface area contributed by atoms with Gasteiger partial charge in [-0.2, -0.15) is 0 Å². The number of hydrogen-bond donors (Lipinski definition) is 2. The van der Waals surface area contributed by atoms with E-state index >= 15 is 0 Å². The summed E-state index contributed by atoms with van der Waals surface area (Å²) in [6.07, 6.45) is 1.86. The molecule has 0 aromatic rings. The van der Waals surface area contributed by atoms with E-state index in [1.54, 1.807) is 0 Å². The Balaban J connectivity index is 3.64. The molecule has 0 aromatic carbocycles. The zero-order valence-electron chi connectivity index (χ0n) is 5.96. The fraction of sp³-hybridized carbons (Fsp3) is 0.714. The van der Waals surface area contributed by atoms with Crippen LogP contribution in [-0.2, 0) is 0 Å². The quantitative estimate of drug-likeness (QED) is 0.548. The summed E-state index contributed by atoms with van der Waals surface area (Å²) >= 11 is 0. The van der Waals surface area contributed by atoms with Crippen LogP contribution >= 0.6 is 0 Å². The van der Waals surface area contributed by atoms with Crippen molar-refractivity contribution >= 4 is 0 Å². The van der Waals surface area contributed by atoms with Crippen LogP contribution in [0, 0.1) is 5.92 Å². The van der Waals surface area contributed by atoms with Crippen molar-refractivity contribution in [1.82, 2.24) is 0 Å². The van der Waals surface area contributed by atoms with Crippen LogP contribution in [0.1, 0.15) is 13.8 Å². The molecule has 0 aliphatic heterocycles. The molecule has 2 nitrogen and oxygen atoms in total. The molecule has 0 aliphatic rings. The zero-order valence-corrected chi connectivity index (χ0v) is 5.96. The summed E-state index contributed by atoms with van der Waals surface area (Å²) in [7, 11) is 0. The van der Waals surface area contributed by atoms with E-state index in [0.29, 0.717) is 0 Å². The van der Waals surface area contributed by atoms with E-state index in [1.807, 2.05) is 19.9 Å². The van der Waals surface area contributed by atoms with Crippen LogP contribution in [0.4, 0.5) is 0 Å². The van der Waals surface area contributed by atoms with Gasteiger partial charge in [-0.3, -0.25) is 0 Å². The van der Waals surface area contributed by atoms with E-state index in [1.165, 1.54) is 0 Å². The van der Waals surface area contributed by atoms with Crippen molar-refractivity contribution in [2.75, 3.05) is 13.2 Å². The first-order valence-electron chi connectivity index (χ1n) is 3.09. The molecule has 1 unspecified atom stereocenters. The molecule has 0 radical (unpaired) electrons. The van der Waals surface area contributed by atoms with Gasteiger partial charge in [0.2, 0.25) is 0 Å². The summed E-state index contributed by atoms with van der Waals surface area (Å²) in [5, 5.41) is 17.1. The molecule has 0 rings (SSSR count). The highest BCUT2D eigenvalue weighted by molar-refractivity contribution is 4.99. The SMILES string of the molecule is C/C(=C\C(C)CO)CO. The Hall–Kier alpha value is -0.340. The van der Waals surface area contributed by atoms with Crippen molar-refractivity contribution < 1.29 is 10.2 Å². The van der Waals surface area contributed by atoms with Crippen LogP contribution in [0.5, 0.6) is 0 Å². The number of hydrogen-bond acceptors (Lipinski definition) is 2. The Morgan fingerprint density at radius 2 is 2.11 bits per heavy atom. The van der Waals surface area contributed by atoms with Gasteiger partial charge < -0.3 is 10.2 Å². The van der Waals surface area contributed by atoms with Crippen LogP contribution in [-0.4, -0.2) is 23.4 Å². The van der Waals surface area contributed by atoms with Gasteiger partial charge in [0.05, 0.1) is 6.61 Å². The van der Waals surface area contributed by atoms with Crippen molar-refractivity contribution in [3.8, 4) is 0 Å². The van der Waals surface area contributed by atoms with E-state index in [-0.39, 0.29) is 19.1 Å². The second-order valence-electron chi connectivity index (χ2n) is 2.33. The summed E-state index contributed by atoms with van der Waals surface area (Å²) in [5.41, 5.74) is 0.913. The fourth-order valence-corrected chi connectivity index (χ4v) is 0.591. The third kappa shape index (κ3) is 4.18. The highest BCUT2D eigenvalue weighted by Crippen LogP contribution is 1.99. The first-order chi connectivity index (χ1) is 4.20. The normalized spacial score (nSPS) is 15.8. The molecule has 0 heterocycles. The van der Waals surface area contributed by atoms with Crippen molar-refractivity contribution in [3.63, 3.8) is 0 Å². The van der Waals surface area contributed by atoms with Crippen LogP contribution in [0.25, 0.3) is 0 Å². The fourth-order valence-electron chi connectivity index (χ4n) is 0.591. The number of rotatable bonds is 3. The topological polar surface area (TPSA) is 40.5 Å². The predicted octanol–water partition coefficient (Wildman–Crippen LogP) is 0.553. The monoisotopic (exact) mass is 130 g/mol. The molecule has 2 heteroatoms. The van der Waals surface area contributed by atoms with E-state index in [4.69, 9.17) is 10.2 Å². The molecule has 0 bridgehead atoms. The number of aliphatic hydroxyl groups is 2. The summed E-state index contributed by atoms with van der Waals surface area (Å²) in [6.45, 7) is 3.98. The van der Waals surface area contributed by atoms with Gasteiger partial charge in [0.15, 0.2) is 0 Å². The van der Waals surface area contributed by atoms with Gasteiger partial charge >= 0.3 is 0 Å². The van der Waals surface area contributed by atoms with Crippen LogP contribution in [0.3, 0.4) is 0 Å². The van der Waals surface area contributed by atoms with E-state index in [0.717, 1.165) is 5.57 Å². The highest BCUT2D eigenvalue weighted by atomic mass is 16.3. The summed E-state index contributed by atoms with van der Waals surface area (Å²) in [6, 6.07) is 0. The first kappa shape index (κ1) is 8.66. The lowest BCUT2D eigenvalue weighted by molar-refractivity contribution is 0.260. The van der Waals surface area contributed by atoms with Gasteiger partial charge in [-0.15, -0.1) is 0 Å². The zero-order chi connectivity index (χ0) is 7.28. The van der Waals surface area contributed by atoms with Gasteiger partial charge in [-0.1, -0.05) is 18.6 Å². The van der Waals surface area contributed by atoms with E-state index < -0.39 is 0 Å². The molecule has 0 aromatic heterocycles. The van der Waals surface area contributed by atoms with Gasteiger partial charge in [0, 0.05) is 6.61 Å². The predicted molar refractivity (Wildman–Crippen MR) is 37.1 cm³/mol. The third-order valence-electron chi connectivity index (χ3n) is 1.11. The van der Waals surface area contributed by atoms with Crippen LogP contribution in [0.15, 0.2) is 11.6 Å². The summed E-state index contributed by atoms with van der Waals surface area (Å²) in [4.78, 5) is 0. The minimum absolute atomic E-state index is 0.0876. The average Bonchev–Trinajstić information content (AvgIpc) is 1.87. The van der Waals surface area contributed by atoms with Crippen molar-refractivity contribution in [3.05, 3.63) is 11.6 Å². The Bertz CT molecular complexity index is 97.1. The maximum atomic E-state index is 8.55. The van der Waals surface area contributed by atoms with E-state index in [9.17, 15) is 0 Å².